The Balaban J connectivity index is 1.40. The zero-order chi connectivity index (χ0) is 20.5. The van der Waals surface area contributed by atoms with Crippen LogP contribution in [-0.2, 0) is 22.6 Å². The zero-order valence-electron chi connectivity index (χ0n) is 16.3. The summed E-state index contributed by atoms with van der Waals surface area (Å²) in [5.74, 6) is 0.675. The first-order chi connectivity index (χ1) is 13.9. The molecule has 1 saturated heterocycles. The third-order valence-corrected chi connectivity index (χ3v) is 5.11. The number of H-pyrrole nitrogens is 1. The predicted molar refractivity (Wildman–Crippen MR) is 106 cm³/mol. The molecule has 1 aliphatic rings. The summed E-state index contributed by atoms with van der Waals surface area (Å²) >= 11 is 0. The highest BCUT2D eigenvalue weighted by atomic mass is 16.3. The molecule has 3 aromatic rings. The van der Waals surface area contributed by atoms with E-state index in [1.54, 1.807) is 13.1 Å². The van der Waals surface area contributed by atoms with E-state index in [1.807, 2.05) is 43.5 Å². The van der Waals surface area contributed by atoms with Crippen LogP contribution in [0.15, 0.2) is 47.0 Å². The number of aromatic amines is 1. The minimum Gasteiger partial charge on any atom is -0.464 e. The molecule has 0 saturated carbocycles. The number of aryl methyl sites for hydroxylation is 1. The molecule has 4 amide bonds. The van der Waals surface area contributed by atoms with Gasteiger partial charge in [-0.1, -0.05) is 18.2 Å². The van der Waals surface area contributed by atoms with Crippen LogP contribution in [0, 0.1) is 6.92 Å². The molecule has 0 radical (unpaired) electrons. The van der Waals surface area contributed by atoms with Crippen molar-refractivity contribution in [3.05, 3.63) is 59.7 Å². The first-order valence-electron chi connectivity index (χ1n) is 9.38. The van der Waals surface area contributed by atoms with Crippen LogP contribution < -0.4 is 5.32 Å². The van der Waals surface area contributed by atoms with Gasteiger partial charge < -0.3 is 19.6 Å². The smallest absolute Gasteiger partial charge is 0.325 e. The third-order valence-electron chi connectivity index (χ3n) is 5.11. The summed E-state index contributed by atoms with van der Waals surface area (Å²) in [5, 5.41) is 3.70. The normalized spacial score (nSPS) is 16.5. The van der Waals surface area contributed by atoms with Crippen molar-refractivity contribution in [1.82, 2.24) is 20.1 Å². The number of furan rings is 1. The Hall–Kier alpha value is -3.55. The van der Waals surface area contributed by atoms with Gasteiger partial charge in [0.05, 0.1) is 6.54 Å². The van der Waals surface area contributed by atoms with E-state index < -0.39 is 18.0 Å². The van der Waals surface area contributed by atoms with Gasteiger partial charge in [0.1, 0.15) is 24.1 Å². The summed E-state index contributed by atoms with van der Waals surface area (Å²) in [6, 6.07) is 10.2. The van der Waals surface area contributed by atoms with Gasteiger partial charge in [0.2, 0.25) is 5.91 Å². The largest absolute Gasteiger partial charge is 0.464 e. The zero-order valence-corrected chi connectivity index (χ0v) is 16.3. The van der Waals surface area contributed by atoms with E-state index in [1.165, 1.54) is 4.90 Å². The standard InChI is InChI=1S/C21H22N4O4/c1-13-7-8-15(29-13)11-24(2)19(26)12-25-20(27)18(23-21(25)28)9-14-10-22-17-6-4-3-5-16(14)17/h3-8,10,18,22H,9,11-12H2,1-2H3,(H,23,28)/t18-/m1/s1. The number of carbonyl (C=O) groups excluding carboxylic acids is 3. The molecule has 8 heteroatoms. The number of rotatable bonds is 6. The highest BCUT2D eigenvalue weighted by molar-refractivity contribution is 6.06. The Kier molecular flexibility index (Phi) is 4.84. The Bertz CT molecular complexity index is 1080. The molecule has 150 valence electrons. The summed E-state index contributed by atoms with van der Waals surface area (Å²) in [4.78, 5) is 43.1. The van der Waals surface area contributed by atoms with Gasteiger partial charge in [0, 0.05) is 30.6 Å². The fourth-order valence-electron chi connectivity index (χ4n) is 3.53. The molecule has 2 aromatic heterocycles. The third kappa shape index (κ3) is 3.73. The molecule has 1 aliphatic heterocycles. The van der Waals surface area contributed by atoms with Gasteiger partial charge >= 0.3 is 6.03 Å². The van der Waals surface area contributed by atoms with Gasteiger partial charge in [0.15, 0.2) is 0 Å². The topological polar surface area (TPSA) is 98.6 Å². The highest BCUT2D eigenvalue weighted by Gasteiger charge is 2.39. The minimum atomic E-state index is -0.687. The van der Waals surface area contributed by atoms with Gasteiger partial charge in [-0.3, -0.25) is 14.5 Å². The molecular formula is C21H22N4O4. The number of urea groups is 1. The van der Waals surface area contributed by atoms with Crippen LogP contribution in [0.5, 0.6) is 0 Å². The van der Waals surface area contributed by atoms with Crippen LogP contribution in [0.2, 0.25) is 0 Å². The lowest BCUT2D eigenvalue weighted by Gasteiger charge is -2.19. The number of fused-ring (bicyclic) bond motifs is 1. The average Bonchev–Trinajstić information content (AvgIpc) is 3.37. The summed E-state index contributed by atoms with van der Waals surface area (Å²) in [7, 11) is 1.61. The van der Waals surface area contributed by atoms with Crippen molar-refractivity contribution in [1.29, 1.82) is 0 Å². The van der Waals surface area contributed by atoms with Crippen molar-refractivity contribution in [3.8, 4) is 0 Å². The Morgan fingerprint density at radius 1 is 1.21 bits per heavy atom. The second kappa shape index (κ2) is 7.46. The van der Waals surface area contributed by atoms with Crippen molar-refractivity contribution in [3.63, 3.8) is 0 Å². The highest BCUT2D eigenvalue weighted by Crippen LogP contribution is 2.21. The molecule has 4 rings (SSSR count). The lowest BCUT2D eigenvalue weighted by atomic mass is 10.1. The van der Waals surface area contributed by atoms with E-state index >= 15 is 0 Å². The van der Waals surface area contributed by atoms with E-state index in [-0.39, 0.29) is 19.0 Å². The molecule has 29 heavy (non-hydrogen) atoms. The van der Waals surface area contributed by atoms with Crippen LogP contribution in [0.4, 0.5) is 4.79 Å². The Morgan fingerprint density at radius 3 is 2.76 bits per heavy atom. The lowest BCUT2D eigenvalue weighted by molar-refractivity contribution is -0.137. The second-order valence-electron chi connectivity index (χ2n) is 7.25. The summed E-state index contributed by atoms with van der Waals surface area (Å²) in [6.45, 7) is 1.80. The second-order valence-corrected chi connectivity index (χ2v) is 7.25. The summed E-state index contributed by atoms with van der Waals surface area (Å²) in [5.41, 5.74) is 1.92. The predicted octanol–water partition coefficient (Wildman–Crippen LogP) is 2.19. The average molecular weight is 394 g/mol. The molecule has 0 spiro atoms. The number of nitrogens with one attached hydrogen (secondary N) is 2. The number of hydrogen-bond donors (Lipinski definition) is 2. The number of likely N-dealkylation sites (N-methyl/N-ethyl adjacent to an activating group) is 1. The molecular weight excluding hydrogens is 372 g/mol. The Labute approximate surface area is 167 Å². The van der Waals surface area contributed by atoms with Crippen LogP contribution in [0.1, 0.15) is 17.1 Å². The van der Waals surface area contributed by atoms with Gasteiger partial charge in [-0.25, -0.2) is 4.79 Å². The molecule has 1 aromatic carbocycles. The number of amides is 4. The van der Waals surface area contributed by atoms with Crippen LogP contribution in [0.3, 0.4) is 0 Å². The van der Waals surface area contributed by atoms with Gasteiger partial charge in [-0.2, -0.15) is 0 Å². The molecule has 8 nitrogen and oxygen atoms in total. The van der Waals surface area contributed by atoms with Crippen molar-refractivity contribution in [2.45, 2.75) is 25.9 Å². The number of aromatic nitrogens is 1. The number of nitrogens with zero attached hydrogens (tertiary/aromatic N) is 2. The minimum absolute atomic E-state index is 0.273. The van der Waals surface area contributed by atoms with Gasteiger partial charge in [0.25, 0.3) is 5.91 Å². The maximum atomic E-state index is 12.7. The molecule has 0 aliphatic carbocycles. The van der Waals surface area contributed by atoms with E-state index in [0.29, 0.717) is 12.2 Å². The van der Waals surface area contributed by atoms with E-state index in [2.05, 4.69) is 10.3 Å². The molecule has 0 bridgehead atoms. The Morgan fingerprint density at radius 2 is 2.00 bits per heavy atom. The SMILES string of the molecule is Cc1ccc(CN(C)C(=O)CN2C(=O)N[C@H](Cc3c[nH]c4ccccc34)C2=O)o1. The summed E-state index contributed by atoms with van der Waals surface area (Å²) < 4.78 is 5.47. The van der Waals surface area contributed by atoms with Crippen molar-refractivity contribution in [2.75, 3.05) is 13.6 Å². The van der Waals surface area contributed by atoms with Gasteiger partial charge in [-0.05, 0) is 30.7 Å². The van der Waals surface area contributed by atoms with Gasteiger partial charge in [-0.15, -0.1) is 0 Å². The fourth-order valence-corrected chi connectivity index (χ4v) is 3.53. The van der Waals surface area contributed by atoms with Crippen molar-refractivity contribution >= 4 is 28.7 Å². The lowest BCUT2D eigenvalue weighted by Crippen LogP contribution is -2.41. The van der Waals surface area contributed by atoms with Crippen LogP contribution >= 0.6 is 0 Å². The molecule has 2 N–H and O–H groups in total. The molecule has 3 heterocycles. The van der Waals surface area contributed by atoms with E-state index in [4.69, 9.17) is 4.42 Å². The fraction of sp³-hybridized carbons (Fsp3) is 0.286. The molecule has 1 fully saturated rings. The number of para-hydroxylation sites is 1. The first-order valence-corrected chi connectivity index (χ1v) is 9.38. The first kappa shape index (κ1) is 18.8. The maximum Gasteiger partial charge on any atom is 0.325 e. The van der Waals surface area contributed by atoms with E-state index in [0.717, 1.165) is 27.1 Å². The molecule has 1 atom stereocenters. The van der Waals surface area contributed by atoms with E-state index in [9.17, 15) is 14.4 Å². The van der Waals surface area contributed by atoms with Crippen molar-refractivity contribution in [2.24, 2.45) is 0 Å². The van der Waals surface area contributed by atoms with Crippen molar-refractivity contribution < 1.29 is 18.8 Å². The van der Waals surface area contributed by atoms with Crippen LogP contribution in [-0.4, -0.2) is 52.3 Å². The maximum absolute atomic E-state index is 12.7. The van der Waals surface area contributed by atoms with Crippen LogP contribution in [0.25, 0.3) is 10.9 Å². The number of hydrogen-bond acceptors (Lipinski definition) is 4. The molecule has 0 unspecified atom stereocenters. The number of imide groups is 1. The summed E-state index contributed by atoms with van der Waals surface area (Å²) in [6.07, 6.45) is 2.21. The quantitative estimate of drug-likeness (QED) is 0.626. The monoisotopic (exact) mass is 394 g/mol. The number of benzene rings is 1. The number of carbonyl (C=O) groups is 3.